The van der Waals surface area contributed by atoms with E-state index in [1.807, 2.05) is 0 Å². The minimum absolute atomic E-state index is 0.128. The van der Waals surface area contributed by atoms with Gasteiger partial charge in [0.1, 0.15) is 34.5 Å². The zero-order chi connectivity index (χ0) is 49.1. The number of hydrogen-bond acceptors (Lipinski definition) is 18. The first kappa shape index (κ1) is 52.7. The lowest BCUT2D eigenvalue weighted by Crippen LogP contribution is -2.22. The van der Waals surface area contributed by atoms with Gasteiger partial charge in [-0.3, -0.25) is 0 Å². The molecule has 0 aliphatic heterocycles. The Morgan fingerprint density at radius 3 is 0.806 bits per heavy atom. The number of hydrogen-bond donors (Lipinski definition) is 0. The molecule has 0 atom stereocenters. The van der Waals surface area contributed by atoms with E-state index in [1.165, 1.54) is 146 Å². The number of rotatable bonds is 20. The van der Waals surface area contributed by atoms with Crippen LogP contribution in [-0.2, 0) is 76.6 Å². The van der Waals surface area contributed by atoms with E-state index in [0.29, 0.717) is 11.1 Å². The molecule has 0 saturated heterocycles. The summed E-state index contributed by atoms with van der Waals surface area (Å²) in [5.41, 5.74) is -9.34. The first-order valence-corrected chi connectivity index (χ1v) is 31.7. The molecule has 0 aliphatic carbocycles. The van der Waals surface area contributed by atoms with Crippen LogP contribution in [-0.4, -0.2) is 33.7 Å². The third-order valence-electron chi connectivity index (χ3n) is 8.56. The molecule has 0 amide bonds. The molecule has 28 heteroatoms. The Bertz CT molecular complexity index is 2970. The van der Waals surface area contributed by atoms with E-state index in [2.05, 4.69) is 7.26 Å². The van der Waals surface area contributed by atoms with E-state index in [-0.39, 0.29) is 54.6 Å². The second-order valence-electron chi connectivity index (χ2n) is 13.7. The van der Waals surface area contributed by atoms with Gasteiger partial charge in [0.15, 0.2) is 0 Å². The summed E-state index contributed by atoms with van der Waals surface area (Å²) in [6.07, 6.45) is 0. The summed E-state index contributed by atoms with van der Waals surface area (Å²) in [5.74, 6) is -1.25. The second kappa shape index (κ2) is 20.7. The van der Waals surface area contributed by atoms with Crippen molar-refractivity contribution in [1.82, 2.24) is 0 Å². The van der Waals surface area contributed by atoms with Gasteiger partial charge in [0.2, 0.25) is 0 Å². The Balaban J connectivity index is 1.14. The van der Waals surface area contributed by atoms with Crippen LogP contribution in [0.1, 0.15) is 25.0 Å². The first-order valence-electron chi connectivity index (χ1n) is 18.2. The van der Waals surface area contributed by atoms with Gasteiger partial charge in [-0.15, -0.1) is 7.26 Å². The predicted molar refractivity (Wildman–Crippen MR) is 261 cm³/mol. The first-order chi connectivity index (χ1) is 31.2. The Morgan fingerprint density at radius 2 is 0.582 bits per heavy atom. The van der Waals surface area contributed by atoms with Crippen LogP contribution < -0.4 is 26.5 Å². The molecular formula is C39H30Cl4O16P2S6. The molecular weight excluding hydrogens is 1120 g/mol. The van der Waals surface area contributed by atoms with Crippen molar-refractivity contribution in [3.63, 3.8) is 0 Å². The SMILES string of the molecule is CC(C)(c1ccc(OS(=O)(=O)OS(=O)(=O)P(=S)(Oc2ccc(Cl)cc2)Oc2ccc(Cl)cc2)cc1)c1ccc(OS(=O)(=O)OS(=O)(=O)P(=S)(Oc2ccc(Cl)cc2)Oc2ccc(Cl)cc2)cc1. The van der Waals surface area contributed by atoms with E-state index < -0.39 is 57.1 Å². The zero-order valence-corrected chi connectivity index (χ0v) is 43.5. The minimum Gasteiger partial charge on any atom is -0.424 e. The van der Waals surface area contributed by atoms with Crippen LogP contribution >= 0.6 is 57.8 Å². The molecule has 0 radical (unpaired) electrons. The summed E-state index contributed by atoms with van der Waals surface area (Å²) in [6, 6.07) is 32.0. The van der Waals surface area contributed by atoms with Gasteiger partial charge in [0.25, 0.3) is 0 Å². The summed E-state index contributed by atoms with van der Waals surface area (Å²) in [7, 11) is -21.7. The van der Waals surface area contributed by atoms with Crippen molar-refractivity contribution in [3.05, 3.63) is 177 Å². The van der Waals surface area contributed by atoms with E-state index >= 15 is 0 Å². The van der Waals surface area contributed by atoms with Crippen molar-refractivity contribution < 1.29 is 67.4 Å². The van der Waals surface area contributed by atoms with Crippen LogP contribution in [0, 0.1) is 0 Å². The molecule has 6 aromatic rings. The molecule has 0 unspecified atom stereocenters. The summed E-state index contributed by atoms with van der Waals surface area (Å²) in [6.45, 7) is 3.53. The summed E-state index contributed by atoms with van der Waals surface area (Å²) < 4.78 is 148. The lowest BCUT2D eigenvalue weighted by molar-refractivity contribution is 0.387. The van der Waals surface area contributed by atoms with Crippen LogP contribution in [0.2, 0.25) is 20.1 Å². The monoisotopic (exact) mass is 1150 g/mol. The fourth-order valence-corrected chi connectivity index (χ4v) is 18.1. The van der Waals surface area contributed by atoms with Crippen molar-refractivity contribution in [1.29, 1.82) is 0 Å². The van der Waals surface area contributed by atoms with E-state index in [4.69, 9.17) is 96.5 Å². The maximum absolute atomic E-state index is 13.6. The van der Waals surface area contributed by atoms with Gasteiger partial charge in [-0.2, -0.15) is 33.7 Å². The van der Waals surface area contributed by atoms with Crippen LogP contribution in [0.25, 0.3) is 0 Å². The van der Waals surface area contributed by atoms with Crippen molar-refractivity contribution in [2.45, 2.75) is 19.3 Å². The van der Waals surface area contributed by atoms with Crippen LogP contribution in [0.5, 0.6) is 34.5 Å². The smallest absolute Gasteiger partial charge is 0.424 e. The molecule has 0 spiro atoms. The normalized spacial score (nSPS) is 12.7. The highest BCUT2D eigenvalue weighted by Gasteiger charge is 2.47. The van der Waals surface area contributed by atoms with Gasteiger partial charge in [0, 0.05) is 49.1 Å². The molecule has 0 N–H and O–H groups in total. The maximum Gasteiger partial charge on any atom is 0.464 e. The van der Waals surface area contributed by atoms with Gasteiger partial charge < -0.3 is 26.5 Å². The van der Waals surface area contributed by atoms with Crippen molar-refractivity contribution in [2.24, 2.45) is 0 Å². The second-order valence-corrected chi connectivity index (χ2v) is 32.6. The molecule has 0 aromatic heterocycles. The van der Waals surface area contributed by atoms with Gasteiger partial charge in [-0.1, -0.05) is 84.5 Å². The number of benzene rings is 6. The largest absolute Gasteiger partial charge is 0.464 e. The van der Waals surface area contributed by atoms with Crippen LogP contribution in [0.15, 0.2) is 146 Å². The lowest BCUT2D eigenvalue weighted by Gasteiger charge is -2.26. The van der Waals surface area contributed by atoms with E-state index in [9.17, 15) is 33.7 Å². The highest BCUT2D eigenvalue weighted by atomic mass is 35.5. The zero-order valence-electron chi connectivity index (χ0n) is 33.7. The standard InChI is InChI=1S/C39H30Cl4O16P2S6/c1-39(2,27-3-15-37(16-4-27)56-64(44,45)58-66(48,49)60(62,52-33-19-7-29(40)8-20-33)53-34-21-9-30(41)10-22-34)28-5-17-38(18-6-28)57-65(46,47)59-67(50,51)61(63,54-35-23-11-31(42)12-24-35)55-36-25-13-32(43)14-26-36/h3-26H,1-2H3. The van der Waals surface area contributed by atoms with Crippen LogP contribution in [0.3, 0.4) is 0 Å². The topological polar surface area (TPSA) is 210 Å². The Labute approximate surface area is 416 Å². The van der Waals surface area contributed by atoms with Crippen molar-refractivity contribution >= 4 is 122 Å². The Hall–Kier alpha value is -3.70. The molecule has 0 aliphatic rings. The molecule has 67 heavy (non-hydrogen) atoms. The molecule has 0 saturated carbocycles. The minimum atomic E-state index is -5.45. The summed E-state index contributed by atoms with van der Waals surface area (Å²) >= 11 is 34.3. The lowest BCUT2D eigenvalue weighted by atomic mass is 9.78. The van der Waals surface area contributed by atoms with Gasteiger partial charge >= 0.3 is 51.7 Å². The highest BCUT2D eigenvalue weighted by Crippen LogP contribution is 2.57. The van der Waals surface area contributed by atoms with Crippen LogP contribution in [0.4, 0.5) is 0 Å². The van der Waals surface area contributed by atoms with Crippen molar-refractivity contribution in [2.75, 3.05) is 0 Å². The van der Waals surface area contributed by atoms with Gasteiger partial charge in [0.05, 0.1) is 0 Å². The van der Waals surface area contributed by atoms with Gasteiger partial charge in [-0.05, 0) is 132 Å². The van der Waals surface area contributed by atoms with Crippen molar-refractivity contribution in [3.8, 4) is 34.5 Å². The highest BCUT2D eigenvalue weighted by molar-refractivity contribution is 8.63. The summed E-state index contributed by atoms with van der Waals surface area (Å²) in [4.78, 5) is 0. The molecule has 0 bridgehead atoms. The number of halogens is 4. The summed E-state index contributed by atoms with van der Waals surface area (Å²) in [5, 5.41) is 1.13. The third kappa shape index (κ3) is 13.8. The molecule has 6 rings (SSSR count). The maximum atomic E-state index is 13.6. The fraction of sp³-hybridized carbons (Fsp3) is 0.0769. The average molecular weight is 1150 g/mol. The molecule has 0 fully saturated rings. The third-order valence-corrected chi connectivity index (χ3v) is 25.4. The molecule has 6 aromatic carbocycles. The molecule has 356 valence electrons. The Morgan fingerprint density at radius 1 is 0.373 bits per heavy atom. The fourth-order valence-electron chi connectivity index (χ4n) is 5.29. The average Bonchev–Trinajstić information content (AvgIpc) is 3.23. The predicted octanol–water partition coefficient (Wildman–Crippen LogP) is 11.3. The van der Waals surface area contributed by atoms with E-state index in [1.54, 1.807) is 13.8 Å². The Kier molecular flexibility index (Phi) is 16.3. The quantitative estimate of drug-likeness (QED) is 0.0651. The molecule has 0 heterocycles. The van der Waals surface area contributed by atoms with Gasteiger partial charge in [-0.25, -0.2) is 0 Å². The van der Waals surface area contributed by atoms with E-state index in [0.717, 1.165) is 0 Å². The molecule has 16 nitrogen and oxygen atoms in total.